The summed E-state index contributed by atoms with van der Waals surface area (Å²) in [6, 6.07) is 27.4. The number of nitrogens with zero attached hydrogens (tertiary/aromatic N) is 1. The number of amides is 1. The third-order valence-electron chi connectivity index (χ3n) is 7.54. The van der Waals surface area contributed by atoms with E-state index in [1.165, 1.54) is 12.1 Å². The predicted octanol–water partition coefficient (Wildman–Crippen LogP) is 6.46. The van der Waals surface area contributed by atoms with Gasteiger partial charge in [-0.15, -0.1) is 0 Å². The minimum atomic E-state index is -3.80. The summed E-state index contributed by atoms with van der Waals surface area (Å²) in [6.07, 6.45) is -0.657. The molecule has 246 valence electrons. The van der Waals surface area contributed by atoms with E-state index in [2.05, 4.69) is 26.8 Å². The number of nitrogens with one attached hydrogen (secondary N) is 2. The smallest absolute Gasteiger partial charge is 0.266 e. The Morgan fingerprint density at radius 3 is 2.38 bits per heavy atom. The Morgan fingerprint density at radius 1 is 0.979 bits per heavy atom. The van der Waals surface area contributed by atoms with Gasteiger partial charge in [0.25, 0.3) is 5.91 Å². The van der Waals surface area contributed by atoms with Crippen LogP contribution in [0.25, 0.3) is 0 Å². The summed E-state index contributed by atoms with van der Waals surface area (Å²) < 4.78 is 39.9. The summed E-state index contributed by atoms with van der Waals surface area (Å²) in [4.78, 5) is 19.3. The summed E-state index contributed by atoms with van der Waals surface area (Å²) in [7, 11) is -3.80. The fraction of sp³-hybridized carbons (Fsp3) is 0.235. The number of carbonyl (C=O) groups excluding carboxylic acids is 1. The largest absolute Gasteiger partial charge is 0.494 e. The van der Waals surface area contributed by atoms with E-state index in [9.17, 15) is 13.2 Å². The molecule has 47 heavy (non-hydrogen) atoms. The van der Waals surface area contributed by atoms with Crippen LogP contribution in [0.5, 0.6) is 5.75 Å². The molecule has 2 atom stereocenters. The van der Waals surface area contributed by atoms with Crippen LogP contribution in [0.2, 0.25) is 10.0 Å². The van der Waals surface area contributed by atoms with Gasteiger partial charge in [0, 0.05) is 36.0 Å². The number of rotatable bonds is 14. The molecule has 9 nitrogen and oxygen atoms in total. The second-order valence-corrected chi connectivity index (χ2v) is 14.6. The second-order valence-electron chi connectivity index (χ2n) is 10.8. The molecule has 0 saturated heterocycles. The minimum absolute atomic E-state index is 0.0205. The molecule has 1 amide bonds. The standard InChI is InChI=1S/C34H32BrCl2N3O6S/c35-26-12-8-24(9-13-26)31-34(17-20-47(43,44)28-5-2-1-3-6-28,33(42)40-38-22-23-7-16-29(36)30(37)21-23)39-32(46-31)25-10-14-27(15-11-25)45-19-4-18-41/h1-3,5-16,21,31,38,41H,4,17-20,22H2,(H,40,42)/t31-,34-/m0/s1. The number of carbonyl (C=O) groups is 1. The van der Waals surface area contributed by atoms with Crippen LogP contribution in [0.3, 0.4) is 0 Å². The highest BCUT2D eigenvalue weighted by molar-refractivity contribution is 9.10. The Morgan fingerprint density at radius 2 is 1.70 bits per heavy atom. The van der Waals surface area contributed by atoms with Crippen molar-refractivity contribution in [2.75, 3.05) is 19.0 Å². The zero-order valence-electron chi connectivity index (χ0n) is 25.0. The number of benzene rings is 4. The summed E-state index contributed by atoms with van der Waals surface area (Å²) in [5.74, 6) is -0.179. The molecule has 0 aliphatic carbocycles. The highest BCUT2D eigenvalue weighted by Gasteiger charge is 2.53. The van der Waals surface area contributed by atoms with E-state index < -0.39 is 27.4 Å². The molecule has 1 aliphatic heterocycles. The molecule has 0 unspecified atom stereocenters. The Hall–Kier alpha value is -3.45. The third-order valence-corrected chi connectivity index (χ3v) is 10.5. The second kappa shape index (κ2) is 15.6. The van der Waals surface area contributed by atoms with Crippen LogP contribution in [-0.4, -0.2) is 49.8 Å². The van der Waals surface area contributed by atoms with E-state index in [1.54, 1.807) is 60.7 Å². The number of aliphatic hydroxyl groups is 1. The molecular weight excluding hydrogens is 729 g/mol. The number of aliphatic imine (C=N–C) groups is 1. The fourth-order valence-corrected chi connectivity index (χ4v) is 7.00. The lowest BCUT2D eigenvalue weighted by molar-refractivity contribution is -0.130. The van der Waals surface area contributed by atoms with Gasteiger partial charge < -0.3 is 14.6 Å². The Kier molecular flexibility index (Phi) is 11.6. The van der Waals surface area contributed by atoms with Gasteiger partial charge in [-0.05, 0) is 71.8 Å². The van der Waals surface area contributed by atoms with E-state index in [0.717, 1.165) is 10.0 Å². The van der Waals surface area contributed by atoms with Gasteiger partial charge in [0.2, 0.25) is 5.90 Å². The fourth-order valence-electron chi connectivity index (χ4n) is 5.03. The Bertz CT molecular complexity index is 1830. The van der Waals surface area contributed by atoms with Gasteiger partial charge >= 0.3 is 0 Å². The van der Waals surface area contributed by atoms with Crippen molar-refractivity contribution in [2.24, 2.45) is 4.99 Å². The van der Waals surface area contributed by atoms with Crippen LogP contribution in [0.1, 0.15) is 35.6 Å². The van der Waals surface area contributed by atoms with Gasteiger partial charge in [-0.25, -0.2) is 18.8 Å². The number of hydrazine groups is 1. The SMILES string of the molecule is O=C(NNCc1ccc(Cl)c(Cl)c1)[C@@]1(CCS(=O)(=O)c2ccccc2)N=C(c2ccc(OCCCO)cc2)O[C@H]1c1ccc(Br)cc1. The first-order valence-electron chi connectivity index (χ1n) is 14.7. The number of hydrogen-bond acceptors (Lipinski definition) is 8. The van der Waals surface area contributed by atoms with Gasteiger partial charge in [0.1, 0.15) is 5.75 Å². The normalized spacial score (nSPS) is 17.5. The monoisotopic (exact) mass is 759 g/mol. The molecular formula is C34H32BrCl2N3O6S. The number of ether oxygens (including phenoxy) is 2. The van der Waals surface area contributed by atoms with Crippen molar-refractivity contribution < 1.29 is 27.8 Å². The molecule has 4 aromatic rings. The first-order chi connectivity index (χ1) is 22.6. The van der Waals surface area contributed by atoms with E-state index in [1.807, 2.05) is 24.3 Å². The van der Waals surface area contributed by atoms with Gasteiger partial charge in [-0.2, -0.15) is 0 Å². The maximum Gasteiger partial charge on any atom is 0.266 e. The zero-order chi connectivity index (χ0) is 33.4. The van der Waals surface area contributed by atoms with Crippen LogP contribution in [0, 0.1) is 0 Å². The molecule has 5 rings (SSSR count). The van der Waals surface area contributed by atoms with Crippen LogP contribution in [0.4, 0.5) is 0 Å². The van der Waals surface area contributed by atoms with Crippen molar-refractivity contribution in [3.05, 3.63) is 128 Å². The van der Waals surface area contributed by atoms with Crippen molar-refractivity contribution in [3.63, 3.8) is 0 Å². The van der Waals surface area contributed by atoms with Gasteiger partial charge in [0.05, 0.1) is 27.3 Å². The van der Waals surface area contributed by atoms with Crippen molar-refractivity contribution in [3.8, 4) is 5.75 Å². The summed E-state index contributed by atoms with van der Waals surface area (Å²) in [6.45, 7) is 0.582. The molecule has 3 N–H and O–H groups in total. The average molecular weight is 762 g/mol. The molecule has 13 heteroatoms. The molecule has 1 aliphatic rings. The van der Waals surface area contributed by atoms with Crippen molar-refractivity contribution in [1.82, 2.24) is 10.9 Å². The van der Waals surface area contributed by atoms with Crippen molar-refractivity contribution >= 4 is 60.8 Å². The Labute approximate surface area is 291 Å². The molecule has 0 spiro atoms. The molecule has 4 aromatic carbocycles. The van der Waals surface area contributed by atoms with Gasteiger partial charge in [-0.3, -0.25) is 10.2 Å². The summed E-state index contributed by atoms with van der Waals surface area (Å²) in [5, 5.41) is 9.83. The number of aliphatic hydroxyl groups excluding tert-OH is 1. The summed E-state index contributed by atoms with van der Waals surface area (Å²) in [5.41, 5.74) is 5.96. The maximum atomic E-state index is 14.3. The molecule has 0 aromatic heterocycles. The van der Waals surface area contributed by atoms with Gasteiger partial charge in [0.15, 0.2) is 21.5 Å². The van der Waals surface area contributed by atoms with Crippen LogP contribution in [-0.2, 0) is 25.9 Å². The molecule has 0 saturated carbocycles. The van der Waals surface area contributed by atoms with Crippen molar-refractivity contribution in [1.29, 1.82) is 0 Å². The zero-order valence-corrected chi connectivity index (χ0v) is 28.9. The Balaban J connectivity index is 1.51. The molecule has 1 heterocycles. The first-order valence-corrected chi connectivity index (χ1v) is 17.9. The number of hydrogen-bond donors (Lipinski definition) is 3. The van der Waals surface area contributed by atoms with E-state index >= 15 is 0 Å². The predicted molar refractivity (Wildman–Crippen MR) is 185 cm³/mol. The van der Waals surface area contributed by atoms with Crippen LogP contribution in [0.15, 0.2) is 111 Å². The van der Waals surface area contributed by atoms with Gasteiger partial charge in [-0.1, -0.05) is 75.5 Å². The van der Waals surface area contributed by atoms with Crippen LogP contribution < -0.4 is 15.6 Å². The molecule has 0 bridgehead atoms. The lowest BCUT2D eigenvalue weighted by Gasteiger charge is -2.30. The van der Waals surface area contributed by atoms with Crippen molar-refractivity contribution in [2.45, 2.75) is 35.9 Å². The number of sulfone groups is 1. The highest BCUT2D eigenvalue weighted by atomic mass is 79.9. The lowest BCUT2D eigenvalue weighted by atomic mass is 9.85. The quantitative estimate of drug-likeness (QED) is 0.0996. The topological polar surface area (TPSA) is 126 Å². The molecule has 0 radical (unpaired) electrons. The first kappa shape index (κ1) is 34.9. The third kappa shape index (κ3) is 8.53. The lowest BCUT2D eigenvalue weighted by Crippen LogP contribution is -2.53. The average Bonchev–Trinajstić information content (AvgIpc) is 3.47. The summed E-state index contributed by atoms with van der Waals surface area (Å²) >= 11 is 15.7. The van der Waals surface area contributed by atoms with E-state index in [4.69, 9.17) is 42.8 Å². The number of halogens is 3. The minimum Gasteiger partial charge on any atom is -0.494 e. The maximum absolute atomic E-state index is 14.3. The van der Waals surface area contributed by atoms with Crippen LogP contribution >= 0.6 is 39.1 Å². The van der Waals surface area contributed by atoms with E-state index in [0.29, 0.717) is 39.9 Å². The van der Waals surface area contributed by atoms with E-state index in [-0.39, 0.29) is 36.1 Å². The highest BCUT2D eigenvalue weighted by Crippen LogP contribution is 2.43. The molecule has 0 fully saturated rings.